The molecule has 5 heteroatoms. The first-order valence-electron chi connectivity index (χ1n) is 7.77. The minimum Gasteiger partial charge on any atom is -0.300 e. The Morgan fingerprint density at radius 3 is 1.96 bits per heavy atom. The number of ketones is 1. The fraction of sp³-hybridized carbons (Fsp3) is 0.316. The first-order chi connectivity index (χ1) is 11.3. The molecule has 2 aromatic rings. The van der Waals surface area contributed by atoms with Crippen LogP contribution in [0.1, 0.15) is 18.1 Å². The number of rotatable bonds is 7. The number of hydrogen-bond donors (Lipinski definition) is 0. The minimum absolute atomic E-state index is 0.0923. The Labute approximate surface area is 148 Å². The molecule has 0 radical (unpaired) electrons. The molecule has 0 spiro atoms. The molecule has 0 amide bonds. The Bertz CT molecular complexity index is 792. The minimum atomic E-state index is -3.47. The van der Waals surface area contributed by atoms with Crippen LogP contribution in [0.2, 0.25) is 0 Å². The van der Waals surface area contributed by atoms with Gasteiger partial charge in [-0.1, -0.05) is 35.4 Å². The maximum absolute atomic E-state index is 12.6. The van der Waals surface area contributed by atoms with Gasteiger partial charge in [-0.25, -0.2) is 8.42 Å². The van der Waals surface area contributed by atoms with Gasteiger partial charge in [0.1, 0.15) is 5.78 Å². The van der Waals surface area contributed by atoms with Crippen molar-refractivity contribution in [3.8, 4) is 0 Å². The van der Waals surface area contributed by atoms with Gasteiger partial charge in [-0.15, -0.1) is 11.8 Å². The third kappa shape index (κ3) is 5.21. The van der Waals surface area contributed by atoms with E-state index in [0.717, 1.165) is 10.5 Å². The van der Waals surface area contributed by atoms with Crippen LogP contribution < -0.4 is 0 Å². The maximum atomic E-state index is 12.6. The van der Waals surface area contributed by atoms with Gasteiger partial charge >= 0.3 is 0 Å². The van der Waals surface area contributed by atoms with E-state index in [-0.39, 0.29) is 16.4 Å². The molecule has 0 saturated carbocycles. The highest BCUT2D eigenvalue weighted by molar-refractivity contribution is 7.99. The van der Waals surface area contributed by atoms with E-state index in [2.05, 4.69) is 0 Å². The van der Waals surface area contributed by atoms with E-state index in [1.807, 2.05) is 38.1 Å². The Balaban J connectivity index is 2.08. The second-order valence-corrected chi connectivity index (χ2v) is 9.15. The van der Waals surface area contributed by atoms with Gasteiger partial charge in [0.25, 0.3) is 0 Å². The van der Waals surface area contributed by atoms with Gasteiger partial charge in [-0.05, 0) is 45.0 Å². The highest BCUT2D eigenvalue weighted by Crippen LogP contribution is 2.24. The largest absolute Gasteiger partial charge is 0.300 e. The molecule has 3 nitrogen and oxygen atoms in total. The molecular formula is C19H22O3S2. The molecule has 0 N–H and O–H groups in total. The highest BCUT2D eigenvalue weighted by Gasteiger charge is 2.24. The summed E-state index contributed by atoms with van der Waals surface area (Å²) >= 11 is 1.52. The number of benzene rings is 2. The average Bonchev–Trinajstić information content (AvgIpc) is 2.53. The molecule has 0 saturated heterocycles. The molecule has 2 aromatic carbocycles. The lowest BCUT2D eigenvalue weighted by atomic mass is 10.1. The van der Waals surface area contributed by atoms with Crippen molar-refractivity contribution in [1.82, 2.24) is 0 Å². The van der Waals surface area contributed by atoms with Crippen molar-refractivity contribution in [2.45, 2.75) is 30.6 Å². The number of sulfone groups is 1. The molecule has 0 aliphatic heterocycles. The third-order valence-corrected chi connectivity index (χ3v) is 6.85. The van der Waals surface area contributed by atoms with Gasteiger partial charge < -0.3 is 0 Å². The van der Waals surface area contributed by atoms with Crippen LogP contribution in [0.5, 0.6) is 0 Å². The van der Waals surface area contributed by atoms with Crippen molar-refractivity contribution in [3.63, 3.8) is 0 Å². The van der Waals surface area contributed by atoms with Crippen molar-refractivity contribution in [2.75, 3.05) is 11.5 Å². The fourth-order valence-electron chi connectivity index (χ4n) is 2.22. The molecule has 0 bridgehead atoms. The first kappa shape index (κ1) is 18.7. The molecule has 0 aliphatic rings. The predicted octanol–water partition coefficient (Wildman–Crippen LogP) is 4.07. The van der Waals surface area contributed by atoms with Crippen LogP contribution in [-0.2, 0) is 14.6 Å². The lowest BCUT2D eigenvalue weighted by Gasteiger charge is -2.14. The monoisotopic (exact) mass is 362 g/mol. The summed E-state index contributed by atoms with van der Waals surface area (Å²) in [4.78, 5) is 13.2. The average molecular weight is 363 g/mol. The molecule has 128 valence electrons. The summed E-state index contributed by atoms with van der Waals surface area (Å²) in [6, 6.07) is 14.8. The normalized spacial score (nSPS) is 12.8. The molecule has 0 heterocycles. The van der Waals surface area contributed by atoms with Gasteiger partial charge in [0.05, 0.1) is 10.6 Å². The second-order valence-electron chi connectivity index (χ2n) is 6.03. The van der Waals surface area contributed by atoms with Crippen LogP contribution >= 0.6 is 11.8 Å². The molecule has 24 heavy (non-hydrogen) atoms. The summed E-state index contributed by atoms with van der Waals surface area (Å²) < 4.78 is 25.1. The van der Waals surface area contributed by atoms with Gasteiger partial charge in [0.2, 0.25) is 0 Å². The van der Waals surface area contributed by atoms with Crippen molar-refractivity contribution in [3.05, 3.63) is 59.7 Å². The zero-order valence-corrected chi connectivity index (χ0v) is 15.8. The lowest BCUT2D eigenvalue weighted by molar-refractivity contribution is -0.119. The van der Waals surface area contributed by atoms with Crippen molar-refractivity contribution >= 4 is 27.4 Å². The summed E-state index contributed by atoms with van der Waals surface area (Å²) in [5.74, 6) is -0.291. The van der Waals surface area contributed by atoms with E-state index >= 15 is 0 Å². The maximum Gasteiger partial charge on any atom is 0.179 e. The smallest absolute Gasteiger partial charge is 0.179 e. The SMILES string of the molecule is CC(=O)C(CSc1ccc(C)cc1)CS(=O)(=O)c1ccc(C)cc1. The number of Topliss-reactive ketones (excluding diaryl/α,β-unsaturated/α-hetero) is 1. The van der Waals surface area contributed by atoms with Gasteiger partial charge in [-0.3, -0.25) is 4.79 Å². The topological polar surface area (TPSA) is 51.2 Å². The number of carbonyl (C=O) groups is 1. The van der Waals surface area contributed by atoms with Crippen LogP contribution in [0.3, 0.4) is 0 Å². The van der Waals surface area contributed by atoms with Crippen LogP contribution in [0.25, 0.3) is 0 Å². The van der Waals surface area contributed by atoms with Gasteiger partial charge in [0, 0.05) is 16.6 Å². The Morgan fingerprint density at radius 2 is 1.46 bits per heavy atom. The van der Waals surface area contributed by atoms with E-state index in [0.29, 0.717) is 5.75 Å². The summed E-state index contributed by atoms with van der Waals surface area (Å²) in [7, 11) is -3.47. The lowest BCUT2D eigenvalue weighted by Crippen LogP contribution is -2.24. The molecule has 0 fully saturated rings. The van der Waals surface area contributed by atoms with E-state index in [9.17, 15) is 13.2 Å². The summed E-state index contributed by atoms with van der Waals surface area (Å²) in [5, 5.41) is 0. The van der Waals surface area contributed by atoms with Crippen molar-refractivity contribution < 1.29 is 13.2 Å². The van der Waals surface area contributed by atoms with E-state index in [4.69, 9.17) is 0 Å². The molecule has 1 unspecified atom stereocenters. The standard InChI is InChI=1S/C19H22O3S2/c1-14-4-8-18(9-5-14)23-12-17(16(3)20)13-24(21,22)19-10-6-15(2)7-11-19/h4-11,17H,12-13H2,1-3H3. The van der Waals surface area contributed by atoms with E-state index < -0.39 is 15.8 Å². The Hall–Kier alpha value is -1.59. The predicted molar refractivity (Wildman–Crippen MR) is 99.3 cm³/mol. The van der Waals surface area contributed by atoms with Crippen LogP contribution in [-0.4, -0.2) is 25.7 Å². The fourth-order valence-corrected chi connectivity index (χ4v) is 5.07. The quantitative estimate of drug-likeness (QED) is 0.697. The Kier molecular flexibility index (Phi) is 6.24. The zero-order valence-electron chi connectivity index (χ0n) is 14.2. The summed E-state index contributed by atoms with van der Waals surface area (Å²) in [5.41, 5.74) is 2.18. The second kappa shape index (κ2) is 7.99. The molecule has 2 rings (SSSR count). The van der Waals surface area contributed by atoms with Gasteiger partial charge in [0.15, 0.2) is 9.84 Å². The number of carbonyl (C=O) groups excluding carboxylic acids is 1. The highest BCUT2D eigenvalue weighted by atomic mass is 32.2. The molecule has 0 aliphatic carbocycles. The number of hydrogen-bond acceptors (Lipinski definition) is 4. The number of thioether (sulfide) groups is 1. The Morgan fingerprint density at radius 1 is 0.958 bits per heavy atom. The zero-order chi connectivity index (χ0) is 17.7. The molecular weight excluding hydrogens is 340 g/mol. The molecule has 0 aromatic heterocycles. The van der Waals surface area contributed by atoms with Crippen molar-refractivity contribution in [1.29, 1.82) is 0 Å². The first-order valence-corrected chi connectivity index (χ1v) is 10.4. The summed E-state index contributed by atoms with van der Waals surface area (Å²) in [6.07, 6.45) is 0. The number of aryl methyl sites for hydroxylation is 2. The van der Waals surface area contributed by atoms with Crippen LogP contribution in [0, 0.1) is 19.8 Å². The third-order valence-electron chi connectivity index (χ3n) is 3.85. The van der Waals surface area contributed by atoms with E-state index in [1.54, 1.807) is 24.3 Å². The molecule has 1 atom stereocenters. The van der Waals surface area contributed by atoms with Crippen molar-refractivity contribution in [2.24, 2.45) is 5.92 Å². The van der Waals surface area contributed by atoms with Gasteiger partial charge in [-0.2, -0.15) is 0 Å². The summed E-state index contributed by atoms with van der Waals surface area (Å²) in [6.45, 7) is 5.39. The van der Waals surface area contributed by atoms with Crippen LogP contribution in [0.4, 0.5) is 0 Å². The van der Waals surface area contributed by atoms with Crippen LogP contribution in [0.15, 0.2) is 58.3 Å². The van der Waals surface area contributed by atoms with E-state index in [1.165, 1.54) is 24.2 Å².